The predicted molar refractivity (Wildman–Crippen MR) is 87.4 cm³/mol. The third-order valence-electron chi connectivity index (χ3n) is 2.88. The third-order valence-corrected chi connectivity index (χ3v) is 5.51. The number of pyridine rings is 1. The quantitative estimate of drug-likeness (QED) is 0.830. The molecule has 0 spiro atoms. The molecule has 112 valence electrons. The van der Waals surface area contributed by atoms with Gasteiger partial charge in [0.15, 0.2) is 4.34 Å². The normalized spacial score (nSPS) is 12.4. The van der Waals surface area contributed by atoms with Gasteiger partial charge in [0.1, 0.15) is 0 Å². The van der Waals surface area contributed by atoms with E-state index < -0.39 is 0 Å². The van der Waals surface area contributed by atoms with E-state index in [9.17, 15) is 4.79 Å². The highest BCUT2D eigenvalue weighted by molar-refractivity contribution is 8.02. The molecular formula is C15H19N3OS2. The van der Waals surface area contributed by atoms with Crippen LogP contribution in [-0.2, 0) is 11.3 Å². The maximum absolute atomic E-state index is 12.4. The highest BCUT2D eigenvalue weighted by atomic mass is 32.2. The lowest BCUT2D eigenvalue weighted by atomic mass is 10.1. The number of thiazole rings is 1. The van der Waals surface area contributed by atoms with Crippen LogP contribution in [0.2, 0.25) is 0 Å². The molecule has 4 nitrogen and oxygen atoms in total. The van der Waals surface area contributed by atoms with Crippen LogP contribution in [0.25, 0.3) is 0 Å². The highest BCUT2D eigenvalue weighted by Gasteiger charge is 2.24. The Labute approximate surface area is 133 Å². The van der Waals surface area contributed by atoms with Gasteiger partial charge in [-0.1, -0.05) is 31.7 Å². The first-order valence-electron chi connectivity index (χ1n) is 6.81. The van der Waals surface area contributed by atoms with Crippen molar-refractivity contribution < 1.29 is 4.79 Å². The minimum atomic E-state index is -0.132. The van der Waals surface area contributed by atoms with Gasteiger partial charge in [-0.25, -0.2) is 4.98 Å². The molecule has 2 aromatic heterocycles. The zero-order valence-corrected chi connectivity index (χ0v) is 14.0. The Morgan fingerprint density at radius 2 is 2.29 bits per heavy atom. The van der Waals surface area contributed by atoms with Gasteiger partial charge in [-0.15, -0.1) is 11.3 Å². The van der Waals surface area contributed by atoms with Gasteiger partial charge in [-0.3, -0.25) is 9.78 Å². The summed E-state index contributed by atoms with van der Waals surface area (Å²) in [5.74, 6) is 0.291. The van der Waals surface area contributed by atoms with Crippen LogP contribution < -0.4 is 5.32 Å². The van der Waals surface area contributed by atoms with E-state index in [4.69, 9.17) is 0 Å². The lowest BCUT2D eigenvalue weighted by Gasteiger charge is -2.18. The molecular weight excluding hydrogens is 302 g/mol. The van der Waals surface area contributed by atoms with E-state index in [0.29, 0.717) is 6.54 Å². The van der Waals surface area contributed by atoms with E-state index >= 15 is 0 Å². The first-order valence-corrected chi connectivity index (χ1v) is 8.57. The van der Waals surface area contributed by atoms with E-state index in [1.54, 1.807) is 35.5 Å². The molecule has 1 N–H and O–H groups in total. The summed E-state index contributed by atoms with van der Waals surface area (Å²) < 4.78 is 0.947. The summed E-state index contributed by atoms with van der Waals surface area (Å²) in [5.41, 5.74) is 2.00. The Morgan fingerprint density at radius 1 is 1.48 bits per heavy atom. The number of nitrogens with zero attached hydrogens (tertiary/aromatic N) is 2. The molecule has 21 heavy (non-hydrogen) atoms. The van der Waals surface area contributed by atoms with Crippen LogP contribution in [0.3, 0.4) is 0 Å². The minimum Gasteiger partial charge on any atom is -0.351 e. The number of carbonyl (C=O) groups is 1. The number of nitrogens with one attached hydrogen (secondary N) is 1. The topological polar surface area (TPSA) is 54.9 Å². The fourth-order valence-corrected chi connectivity index (χ4v) is 3.85. The third kappa shape index (κ3) is 4.82. The Morgan fingerprint density at radius 3 is 2.86 bits per heavy atom. The van der Waals surface area contributed by atoms with Crippen LogP contribution in [0.1, 0.15) is 25.1 Å². The fraction of sp³-hybridized carbons (Fsp3) is 0.400. The molecule has 0 aliphatic heterocycles. The van der Waals surface area contributed by atoms with Gasteiger partial charge < -0.3 is 5.32 Å². The first kappa shape index (κ1) is 16.0. The largest absolute Gasteiger partial charge is 0.351 e. The maximum Gasteiger partial charge on any atom is 0.234 e. The maximum atomic E-state index is 12.4. The van der Waals surface area contributed by atoms with Gasteiger partial charge >= 0.3 is 0 Å². The number of hydrogen-bond donors (Lipinski definition) is 1. The van der Waals surface area contributed by atoms with Crippen LogP contribution in [0.4, 0.5) is 0 Å². The van der Waals surface area contributed by atoms with Crippen LogP contribution >= 0.6 is 23.1 Å². The van der Waals surface area contributed by atoms with Crippen LogP contribution in [0, 0.1) is 12.8 Å². The van der Waals surface area contributed by atoms with E-state index in [-0.39, 0.29) is 17.1 Å². The van der Waals surface area contributed by atoms with Crippen LogP contribution in [0.15, 0.2) is 34.2 Å². The Balaban J connectivity index is 1.96. The molecule has 0 saturated heterocycles. The second kappa shape index (κ2) is 7.56. The molecule has 2 rings (SSSR count). The average molecular weight is 321 g/mol. The van der Waals surface area contributed by atoms with Crippen molar-refractivity contribution in [2.45, 2.75) is 36.9 Å². The average Bonchev–Trinajstić information content (AvgIpc) is 2.88. The van der Waals surface area contributed by atoms with Gasteiger partial charge in [0, 0.05) is 30.0 Å². The van der Waals surface area contributed by atoms with Gasteiger partial charge in [0.2, 0.25) is 5.91 Å². The van der Waals surface area contributed by atoms with Crippen molar-refractivity contribution in [3.05, 3.63) is 41.2 Å². The van der Waals surface area contributed by atoms with Crippen LogP contribution in [-0.4, -0.2) is 21.1 Å². The molecule has 0 saturated carbocycles. The molecule has 0 aliphatic carbocycles. The van der Waals surface area contributed by atoms with Gasteiger partial charge in [0.05, 0.1) is 5.25 Å². The van der Waals surface area contributed by atoms with Crippen molar-refractivity contribution in [3.8, 4) is 0 Å². The molecule has 0 bridgehead atoms. The summed E-state index contributed by atoms with van der Waals surface area (Å²) in [6, 6.07) is 3.82. The monoisotopic (exact) mass is 321 g/mol. The standard InChI is InChI=1S/C15H19N3OS2/c1-10(2)13(21-15-18-11(3)9-20-15)14(19)17-8-12-5-4-6-16-7-12/h4-7,9-10,13H,8H2,1-3H3,(H,17,19)/t13-/m1/s1. The molecule has 1 atom stereocenters. The second-order valence-corrected chi connectivity index (χ2v) is 7.36. The van der Waals surface area contributed by atoms with Gasteiger partial charge in [-0.2, -0.15) is 0 Å². The summed E-state index contributed by atoms with van der Waals surface area (Å²) in [4.78, 5) is 20.9. The summed E-state index contributed by atoms with van der Waals surface area (Å²) in [5, 5.41) is 4.86. The molecule has 0 unspecified atom stereocenters. The van der Waals surface area contributed by atoms with E-state index in [1.807, 2.05) is 24.4 Å². The minimum absolute atomic E-state index is 0.0479. The predicted octanol–water partition coefficient (Wildman–Crippen LogP) is 3.28. The molecule has 6 heteroatoms. The number of hydrogen-bond acceptors (Lipinski definition) is 5. The number of thioether (sulfide) groups is 1. The van der Waals surface area contributed by atoms with Crippen molar-refractivity contribution in [2.24, 2.45) is 5.92 Å². The zero-order valence-electron chi connectivity index (χ0n) is 12.4. The van der Waals surface area contributed by atoms with E-state index in [2.05, 4.69) is 29.1 Å². The smallest absolute Gasteiger partial charge is 0.234 e. The molecule has 1 amide bonds. The summed E-state index contributed by atoms with van der Waals surface area (Å²) in [6.45, 7) is 6.59. The molecule has 2 aromatic rings. The first-order chi connectivity index (χ1) is 10.1. The summed E-state index contributed by atoms with van der Waals surface area (Å²) >= 11 is 3.13. The lowest BCUT2D eigenvalue weighted by Crippen LogP contribution is -2.35. The number of aryl methyl sites for hydroxylation is 1. The Bertz CT molecular complexity index is 584. The number of aromatic nitrogens is 2. The van der Waals surface area contributed by atoms with E-state index in [0.717, 1.165) is 15.6 Å². The summed E-state index contributed by atoms with van der Waals surface area (Å²) in [7, 11) is 0. The SMILES string of the molecule is Cc1csc(S[C@@H](C(=O)NCc2cccnc2)C(C)C)n1. The lowest BCUT2D eigenvalue weighted by molar-refractivity contribution is -0.121. The zero-order chi connectivity index (χ0) is 15.2. The number of amides is 1. The summed E-state index contributed by atoms with van der Waals surface area (Å²) in [6.07, 6.45) is 3.49. The molecule has 0 aromatic carbocycles. The molecule has 2 heterocycles. The number of rotatable bonds is 6. The van der Waals surface area contributed by atoms with Crippen LogP contribution in [0.5, 0.6) is 0 Å². The van der Waals surface area contributed by atoms with Crippen molar-refractivity contribution in [1.29, 1.82) is 0 Å². The fourth-order valence-electron chi connectivity index (χ4n) is 1.78. The van der Waals surface area contributed by atoms with Crippen molar-refractivity contribution >= 4 is 29.0 Å². The van der Waals surface area contributed by atoms with Crippen molar-refractivity contribution in [2.75, 3.05) is 0 Å². The van der Waals surface area contributed by atoms with Crippen molar-refractivity contribution in [3.63, 3.8) is 0 Å². The number of carbonyl (C=O) groups excluding carboxylic acids is 1. The Kier molecular flexibility index (Phi) is 5.76. The Hall–Kier alpha value is -1.40. The van der Waals surface area contributed by atoms with Gasteiger partial charge in [-0.05, 0) is 24.5 Å². The molecule has 0 radical (unpaired) electrons. The van der Waals surface area contributed by atoms with E-state index in [1.165, 1.54) is 0 Å². The molecule has 0 aliphatic rings. The highest BCUT2D eigenvalue weighted by Crippen LogP contribution is 2.30. The second-order valence-electron chi connectivity index (χ2n) is 5.12. The molecule has 0 fully saturated rings. The van der Waals surface area contributed by atoms with Crippen molar-refractivity contribution in [1.82, 2.24) is 15.3 Å². The van der Waals surface area contributed by atoms with Gasteiger partial charge in [0.25, 0.3) is 0 Å².